The number of hydrogen-bond acceptors (Lipinski definition) is 1. The first-order chi connectivity index (χ1) is 9.27. The summed E-state index contributed by atoms with van der Waals surface area (Å²) in [6.45, 7) is 8.91. The third kappa shape index (κ3) is 3.06. The van der Waals surface area contributed by atoms with Crippen LogP contribution in [0.5, 0.6) is 0 Å². The van der Waals surface area contributed by atoms with E-state index in [1.165, 1.54) is 6.42 Å². The van der Waals surface area contributed by atoms with E-state index < -0.39 is 0 Å². The van der Waals surface area contributed by atoms with Crippen molar-refractivity contribution in [1.82, 2.24) is 0 Å². The molecule has 2 N–H and O–H groups in total. The summed E-state index contributed by atoms with van der Waals surface area (Å²) in [6, 6.07) is 5.24. The van der Waals surface area contributed by atoms with Gasteiger partial charge in [-0.05, 0) is 67.2 Å². The zero-order chi connectivity index (χ0) is 15.0. The van der Waals surface area contributed by atoms with Crippen molar-refractivity contribution >= 4 is 0 Å². The Kier molecular flexibility index (Phi) is 4.24. The van der Waals surface area contributed by atoms with Crippen LogP contribution in [0.25, 0.3) is 0 Å². The van der Waals surface area contributed by atoms with Gasteiger partial charge in [0.05, 0.1) is 0 Å². The van der Waals surface area contributed by atoms with Crippen LogP contribution in [0.3, 0.4) is 0 Å². The molecule has 1 aliphatic carbocycles. The van der Waals surface area contributed by atoms with Gasteiger partial charge in [0, 0.05) is 5.54 Å². The second-order valence-corrected chi connectivity index (χ2v) is 7.29. The van der Waals surface area contributed by atoms with Gasteiger partial charge in [0.25, 0.3) is 0 Å². The molecule has 0 heterocycles. The number of aryl methyl sites for hydroxylation is 1. The maximum absolute atomic E-state index is 13.6. The van der Waals surface area contributed by atoms with E-state index in [4.69, 9.17) is 5.73 Å². The van der Waals surface area contributed by atoms with Gasteiger partial charge in [-0.25, -0.2) is 4.39 Å². The van der Waals surface area contributed by atoms with Gasteiger partial charge in [-0.3, -0.25) is 0 Å². The molecule has 112 valence electrons. The Hall–Kier alpha value is -0.890. The predicted molar refractivity (Wildman–Crippen MR) is 83.0 cm³/mol. The highest BCUT2D eigenvalue weighted by atomic mass is 19.1. The fourth-order valence-corrected chi connectivity index (χ4v) is 3.52. The van der Waals surface area contributed by atoms with E-state index in [-0.39, 0.29) is 11.4 Å². The van der Waals surface area contributed by atoms with Gasteiger partial charge >= 0.3 is 0 Å². The SMILES string of the molecule is CCC(C)(C)C1CCC(N)(c2cc(C)cc(F)c2)CC1. The number of hydrogen-bond donors (Lipinski definition) is 1. The van der Waals surface area contributed by atoms with Crippen LogP contribution in [0.4, 0.5) is 4.39 Å². The molecular weight excluding hydrogens is 249 g/mol. The van der Waals surface area contributed by atoms with Crippen LogP contribution in [0.15, 0.2) is 18.2 Å². The lowest BCUT2D eigenvalue weighted by atomic mass is 9.64. The van der Waals surface area contributed by atoms with Crippen LogP contribution in [-0.4, -0.2) is 0 Å². The van der Waals surface area contributed by atoms with E-state index in [2.05, 4.69) is 20.8 Å². The van der Waals surface area contributed by atoms with Crippen LogP contribution in [0.1, 0.15) is 64.0 Å². The minimum absolute atomic E-state index is 0.166. The van der Waals surface area contributed by atoms with Gasteiger partial charge in [0.2, 0.25) is 0 Å². The van der Waals surface area contributed by atoms with Crippen LogP contribution < -0.4 is 5.73 Å². The van der Waals surface area contributed by atoms with Crippen molar-refractivity contribution in [2.75, 3.05) is 0 Å². The van der Waals surface area contributed by atoms with Gasteiger partial charge < -0.3 is 5.73 Å². The number of rotatable bonds is 3. The fourth-order valence-electron chi connectivity index (χ4n) is 3.52. The Morgan fingerprint density at radius 1 is 1.25 bits per heavy atom. The van der Waals surface area contributed by atoms with Crippen LogP contribution >= 0.6 is 0 Å². The van der Waals surface area contributed by atoms with Gasteiger partial charge in [-0.15, -0.1) is 0 Å². The predicted octanol–water partition coefficient (Wildman–Crippen LogP) is 4.91. The van der Waals surface area contributed by atoms with Crippen molar-refractivity contribution in [1.29, 1.82) is 0 Å². The Labute approximate surface area is 122 Å². The Morgan fingerprint density at radius 2 is 1.85 bits per heavy atom. The zero-order valence-corrected chi connectivity index (χ0v) is 13.3. The Morgan fingerprint density at radius 3 is 2.35 bits per heavy atom. The minimum atomic E-state index is -0.340. The molecule has 1 fully saturated rings. The second kappa shape index (κ2) is 5.48. The first-order valence-electron chi connectivity index (χ1n) is 7.83. The third-order valence-electron chi connectivity index (χ3n) is 5.51. The van der Waals surface area contributed by atoms with Gasteiger partial charge in [0.15, 0.2) is 0 Å². The van der Waals surface area contributed by atoms with Crippen LogP contribution in [0, 0.1) is 24.1 Å². The summed E-state index contributed by atoms with van der Waals surface area (Å²) in [5.41, 5.74) is 8.58. The molecule has 1 aromatic carbocycles. The zero-order valence-electron chi connectivity index (χ0n) is 13.3. The summed E-state index contributed by atoms with van der Waals surface area (Å²) in [5, 5.41) is 0. The van der Waals surface area contributed by atoms with E-state index >= 15 is 0 Å². The highest BCUT2D eigenvalue weighted by Crippen LogP contribution is 2.45. The highest BCUT2D eigenvalue weighted by Gasteiger charge is 2.38. The van der Waals surface area contributed by atoms with Crippen molar-refractivity contribution in [2.24, 2.45) is 17.1 Å². The average molecular weight is 277 g/mol. The van der Waals surface area contributed by atoms with E-state index in [9.17, 15) is 4.39 Å². The molecule has 0 saturated heterocycles. The molecule has 0 spiro atoms. The Bertz CT molecular complexity index is 450. The summed E-state index contributed by atoms with van der Waals surface area (Å²) < 4.78 is 13.6. The summed E-state index contributed by atoms with van der Waals surface area (Å²) in [4.78, 5) is 0. The molecule has 0 amide bonds. The average Bonchev–Trinajstić information content (AvgIpc) is 2.38. The summed E-state index contributed by atoms with van der Waals surface area (Å²) >= 11 is 0. The standard InChI is InChI=1S/C18H28FN/c1-5-17(3,4)14-6-8-18(20,9-7-14)15-10-13(2)11-16(19)12-15/h10-12,14H,5-9,20H2,1-4H3. The van der Waals surface area contributed by atoms with Gasteiger partial charge in [-0.1, -0.05) is 33.3 Å². The number of benzene rings is 1. The van der Waals surface area contributed by atoms with Crippen molar-refractivity contribution < 1.29 is 4.39 Å². The Balaban J connectivity index is 2.15. The molecule has 1 aromatic rings. The normalized spacial score (nSPS) is 27.6. The molecule has 0 atom stereocenters. The molecule has 0 unspecified atom stereocenters. The lowest BCUT2D eigenvalue weighted by Crippen LogP contribution is -2.43. The van der Waals surface area contributed by atoms with Crippen molar-refractivity contribution in [3.63, 3.8) is 0 Å². The molecule has 0 aromatic heterocycles. The van der Waals surface area contributed by atoms with Crippen LogP contribution in [0.2, 0.25) is 0 Å². The third-order valence-corrected chi connectivity index (χ3v) is 5.51. The second-order valence-electron chi connectivity index (χ2n) is 7.29. The van der Waals surface area contributed by atoms with Gasteiger partial charge in [0.1, 0.15) is 5.82 Å². The van der Waals surface area contributed by atoms with Gasteiger partial charge in [-0.2, -0.15) is 0 Å². The number of halogens is 1. The maximum Gasteiger partial charge on any atom is 0.123 e. The topological polar surface area (TPSA) is 26.0 Å². The van der Waals surface area contributed by atoms with Crippen LogP contribution in [-0.2, 0) is 5.54 Å². The summed E-state index contributed by atoms with van der Waals surface area (Å²) in [5.74, 6) is 0.569. The monoisotopic (exact) mass is 277 g/mol. The molecule has 20 heavy (non-hydrogen) atoms. The molecule has 2 rings (SSSR count). The molecule has 1 nitrogen and oxygen atoms in total. The van der Waals surface area contributed by atoms with E-state index in [0.29, 0.717) is 5.41 Å². The quantitative estimate of drug-likeness (QED) is 0.834. The highest BCUT2D eigenvalue weighted by molar-refractivity contribution is 5.30. The fraction of sp³-hybridized carbons (Fsp3) is 0.667. The first kappa shape index (κ1) is 15.5. The lowest BCUT2D eigenvalue weighted by molar-refractivity contribution is 0.115. The molecule has 0 aliphatic heterocycles. The maximum atomic E-state index is 13.6. The molecule has 0 bridgehead atoms. The van der Waals surface area contributed by atoms with Crippen molar-refractivity contribution in [3.05, 3.63) is 35.1 Å². The molecular formula is C18H28FN. The molecule has 0 radical (unpaired) electrons. The van der Waals surface area contributed by atoms with E-state index in [1.54, 1.807) is 12.1 Å². The smallest absolute Gasteiger partial charge is 0.123 e. The first-order valence-corrected chi connectivity index (χ1v) is 7.83. The summed E-state index contributed by atoms with van der Waals surface area (Å²) in [7, 11) is 0. The minimum Gasteiger partial charge on any atom is -0.321 e. The largest absolute Gasteiger partial charge is 0.321 e. The lowest BCUT2D eigenvalue weighted by Gasteiger charge is -2.43. The molecule has 2 heteroatoms. The molecule has 1 aliphatic rings. The summed E-state index contributed by atoms with van der Waals surface area (Å²) in [6.07, 6.45) is 5.42. The van der Waals surface area contributed by atoms with Crippen molar-refractivity contribution in [3.8, 4) is 0 Å². The molecule has 1 saturated carbocycles. The van der Waals surface area contributed by atoms with E-state index in [0.717, 1.165) is 42.7 Å². The number of nitrogens with two attached hydrogens (primary N) is 1. The van der Waals surface area contributed by atoms with Crippen molar-refractivity contribution in [2.45, 2.75) is 65.3 Å². The van der Waals surface area contributed by atoms with E-state index in [1.807, 2.05) is 13.0 Å².